The SMILES string of the molecule is CCOc1cccc(C=NC[C@H](c2ccccc2)N2CCCC2)c1O. The summed E-state index contributed by atoms with van der Waals surface area (Å²) < 4.78 is 5.44. The van der Waals surface area contributed by atoms with Crippen molar-refractivity contribution in [3.63, 3.8) is 0 Å². The fourth-order valence-electron chi connectivity index (χ4n) is 3.33. The number of hydrogen-bond donors (Lipinski definition) is 1. The molecule has 3 rings (SSSR count). The fraction of sp³-hybridized carbons (Fsp3) is 0.381. The lowest BCUT2D eigenvalue weighted by Crippen LogP contribution is -2.27. The van der Waals surface area contributed by atoms with Gasteiger partial charge in [-0.2, -0.15) is 0 Å². The van der Waals surface area contributed by atoms with Gasteiger partial charge in [0, 0.05) is 11.8 Å². The Kier molecular flexibility index (Phi) is 6.07. The number of aromatic hydroxyl groups is 1. The van der Waals surface area contributed by atoms with Crippen LogP contribution >= 0.6 is 0 Å². The first-order valence-electron chi connectivity index (χ1n) is 9.03. The van der Waals surface area contributed by atoms with Gasteiger partial charge >= 0.3 is 0 Å². The number of para-hydroxylation sites is 1. The molecular weight excluding hydrogens is 312 g/mol. The molecule has 0 unspecified atom stereocenters. The monoisotopic (exact) mass is 338 g/mol. The third-order valence-electron chi connectivity index (χ3n) is 4.60. The van der Waals surface area contributed by atoms with Gasteiger partial charge in [0.25, 0.3) is 0 Å². The second kappa shape index (κ2) is 8.67. The summed E-state index contributed by atoms with van der Waals surface area (Å²) in [6.07, 6.45) is 4.26. The molecule has 0 amide bonds. The Morgan fingerprint density at radius 3 is 2.60 bits per heavy atom. The fourth-order valence-corrected chi connectivity index (χ4v) is 3.33. The van der Waals surface area contributed by atoms with Gasteiger partial charge in [0.05, 0.1) is 19.2 Å². The first-order chi connectivity index (χ1) is 12.3. The second-order valence-electron chi connectivity index (χ2n) is 6.29. The molecular formula is C21H26N2O2. The lowest BCUT2D eigenvalue weighted by atomic mass is 10.1. The zero-order valence-corrected chi connectivity index (χ0v) is 14.8. The van der Waals surface area contributed by atoms with Crippen LogP contribution in [0.4, 0.5) is 0 Å². The molecule has 2 aromatic carbocycles. The molecule has 132 valence electrons. The number of nitrogens with zero attached hydrogens (tertiary/aromatic N) is 2. The predicted molar refractivity (Wildman–Crippen MR) is 102 cm³/mol. The maximum absolute atomic E-state index is 10.3. The van der Waals surface area contributed by atoms with Crippen molar-refractivity contribution in [3.05, 3.63) is 59.7 Å². The van der Waals surface area contributed by atoms with Crippen molar-refractivity contribution in [2.24, 2.45) is 4.99 Å². The van der Waals surface area contributed by atoms with Crippen molar-refractivity contribution < 1.29 is 9.84 Å². The molecule has 1 saturated heterocycles. The van der Waals surface area contributed by atoms with E-state index in [1.807, 2.05) is 25.1 Å². The minimum Gasteiger partial charge on any atom is -0.504 e. The topological polar surface area (TPSA) is 45.1 Å². The summed E-state index contributed by atoms with van der Waals surface area (Å²) in [5.74, 6) is 0.663. The number of ether oxygens (including phenoxy) is 1. The lowest BCUT2D eigenvalue weighted by molar-refractivity contribution is 0.252. The number of aliphatic imine (C=N–C) groups is 1. The zero-order chi connectivity index (χ0) is 17.5. The zero-order valence-electron chi connectivity index (χ0n) is 14.8. The Morgan fingerprint density at radius 1 is 1.12 bits per heavy atom. The molecule has 0 bridgehead atoms. The molecule has 1 fully saturated rings. The van der Waals surface area contributed by atoms with Crippen LogP contribution in [0, 0.1) is 0 Å². The van der Waals surface area contributed by atoms with Crippen LogP contribution in [-0.4, -0.2) is 42.5 Å². The van der Waals surface area contributed by atoms with Crippen molar-refractivity contribution in [3.8, 4) is 11.5 Å². The molecule has 0 spiro atoms. The van der Waals surface area contributed by atoms with Crippen molar-refractivity contribution in [1.29, 1.82) is 0 Å². The molecule has 4 heteroatoms. The highest BCUT2D eigenvalue weighted by atomic mass is 16.5. The number of phenols is 1. The molecule has 0 saturated carbocycles. The van der Waals surface area contributed by atoms with E-state index in [-0.39, 0.29) is 11.8 Å². The summed E-state index contributed by atoms with van der Waals surface area (Å²) >= 11 is 0. The molecule has 4 nitrogen and oxygen atoms in total. The van der Waals surface area contributed by atoms with E-state index in [1.54, 1.807) is 12.3 Å². The Labute approximate surface area is 149 Å². The smallest absolute Gasteiger partial charge is 0.166 e. The third-order valence-corrected chi connectivity index (χ3v) is 4.60. The van der Waals surface area contributed by atoms with E-state index in [2.05, 4.69) is 34.2 Å². The molecule has 25 heavy (non-hydrogen) atoms. The maximum Gasteiger partial charge on any atom is 0.166 e. The third kappa shape index (κ3) is 4.40. The molecule has 1 atom stereocenters. The number of rotatable bonds is 7. The van der Waals surface area contributed by atoms with Crippen molar-refractivity contribution in [1.82, 2.24) is 4.90 Å². The van der Waals surface area contributed by atoms with Crippen LogP contribution in [0.15, 0.2) is 53.5 Å². The van der Waals surface area contributed by atoms with Gasteiger partial charge in [-0.15, -0.1) is 0 Å². The minimum atomic E-state index is 0.158. The summed E-state index contributed by atoms with van der Waals surface area (Å²) in [4.78, 5) is 7.15. The highest BCUT2D eigenvalue weighted by molar-refractivity contribution is 5.84. The molecule has 0 aromatic heterocycles. The summed E-state index contributed by atoms with van der Waals surface area (Å²) in [7, 11) is 0. The van der Waals surface area contributed by atoms with Gasteiger partial charge in [0.2, 0.25) is 0 Å². The summed E-state index contributed by atoms with van der Waals surface area (Å²) in [5.41, 5.74) is 1.99. The summed E-state index contributed by atoms with van der Waals surface area (Å²) in [6.45, 7) is 5.36. The van der Waals surface area contributed by atoms with Crippen LogP contribution in [-0.2, 0) is 0 Å². The van der Waals surface area contributed by atoms with Crippen LogP contribution < -0.4 is 4.74 Å². The second-order valence-corrected chi connectivity index (χ2v) is 6.29. The number of hydrogen-bond acceptors (Lipinski definition) is 4. The first kappa shape index (κ1) is 17.5. The Hall–Kier alpha value is -2.33. The standard InChI is InChI=1S/C21H26N2O2/c1-2-25-20-12-8-11-18(21(20)24)15-22-16-19(23-13-6-7-14-23)17-9-4-3-5-10-17/h3-5,8-12,15,19,24H,2,6-7,13-14,16H2,1H3/t19-/m1/s1. The average molecular weight is 338 g/mol. The molecule has 0 aliphatic carbocycles. The van der Waals surface area contributed by atoms with Crippen molar-refractivity contribution >= 4 is 6.21 Å². The average Bonchev–Trinajstić information content (AvgIpc) is 3.17. The van der Waals surface area contributed by atoms with Gasteiger partial charge in [0.15, 0.2) is 11.5 Å². The van der Waals surface area contributed by atoms with Crippen molar-refractivity contribution in [2.45, 2.75) is 25.8 Å². The van der Waals surface area contributed by atoms with E-state index < -0.39 is 0 Å². The molecule has 1 heterocycles. The van der Waals surface area contributed by atoms with Crippen LogP contribution in [0.3, 0.4) is 0 Å². The molecule has 1 aliphatic heterocycles. The summed E-state index contributed by atoms with van der Waals surface area (Å²) in [5, 5.41) is 10.3. The molecule has 1 N–H and O–H groups in total. The highest BCUT2D eigenvalue weighted by Gasteiger charge is 2.22. The van der Waals surface area contributed by atoms with E-state index in [4.69, 9.17) is 4.74 Å². The number of phenolic OH excluding ortho intramolecular Hbond substituents is 1. The number of benzene rings is 2. The molecule has 1 aliphatic rings. The van der Waals surface area contributed by atoms with Crippen LogP contribution in [0.25, 0.3) is 0 Å². The van der Waals surface area contributed by atoms with Crippen LogP contribution in [0.5, 0.6) is 11.5 Å². The predicted octanol–water partition coefficient (Wildman–Crippen LogP) is 4.05. The normalized spacial score (nSPS) is 16.4. The van der Waals surface area contributed by atoms with E-state index in [9.17, 15) is 5.11 Å². The largest absolute Gasteiger partial charge is 0.504 e. The van der Waals surface area contributed by atoms with E-state index in [0.29, 0.717) is 24.5 Å². The Morgan fingerprint density at radius 2 is 1.88 bits per heavy atom. The van der Waals surface area contributed by atoms with E-state index in [1.165, 1.54) is 18.4 Å². The highest BCUT2D eigenvalue weighted by Crippen LogP contribution is 2.29. The van der Waals surface area contributed by atoms with Gasteiger partial charge in [-0.05, 0) is 50.6 Å². The van der Waals surface area contributed by atoms with Crippen LogP contribution in [0.1, 0.15) is 36.9 Å². The van der Waals surface area contributed by atoms with Gasteiger partial charge in [-0.1, -0.05) is 36.4 Å². The molecule has 0 radical (unpaired) electrons. The van der Waals surface area contributed by atoms with E-state index >= 15 is 0 Å². The van der Waals surface area contributed by atoms with Gasteiger partial charge < -0.3 is 9.84 Å². The Balaban J connectivity index is 1.75. The van der Waals surface area contributed by atoms with Gasteiger partial charge in [0.1, 0.15) is 0 Å². The first-order valence-corrected chi connectivity index (χ1v) is 9.03. The quantitative estimate of drug-likeness (QED) is 0.775. The van der Waals surface area contributed by atoms with Gasteiger partial charge in [-0.3, -0.25) is 9.89 Å². The lowest BCUT2D eigenvalue weighted by Gasteiger charge is -2.26. The minimum absolute atomic E-state index is 0.158. The van der Waals surface area contributed by atoms with E-state index in [0.717, 1.165) is 13.1 Å². The summed E-state index contributed by atoms with van der Waals surface area (Å²) in [6, 6.07) is 16.3. The van der Waals surface area contributed by atoms with Crippen LogP contribution in [0.2, 0.25) is 0 Å². The maximum atomic E-state index is 10.3. The Bertz CT molecular complexity index is 694. The van der Waals surface area contributed by atoms with Crippen molar-refractivity contribution in [2.75, 3.05) is 26.2 Å². The number of likely N-dealkylation sites (tertiary alicyclic amines) is 1. The molecule has 2 aromatic rings. The van der Waals surface area contributed by atoms with Gasteiger partial charge in [-0.25, -0.2) is 0 Å².